The topological polar surface area (TPSA) is 61.4 Å². The Morgan fingerprint density at radius 1 is 1.60 bits per heavy atom. The van der Waals surface area contributed by atoms with Crippen LogP contribution in [-0.4, -0.2) is 48.4 Å². The quantitative estimate of drug-likeness (QED) is 0.547. The molecule has 6 heteroatoms. The minimum absolute atomic E-state index is 0. The molecule has 20 heavy (non-hydrogen) atoms. The maximum Gasteiger partial charge on any atom is 0.240 e. The third kappa shape index (κ3) is 6.39. The van der Waals surface area contributed by atoms with E-state index in [9.17, 15) is 9.59 Å². The first-order valence-corrected chi connectivity index (χ1v) is 6.97. The number of nitrogens with one attached hydrogen (secondary N) is 2. The van der Waals surface area contributed by atoms with E-state index in [1.54, 1.807) is 0 Å². The van der Waals surface area contributed by atoms with E-state index in [0.717, 1.165) is 32.5 Å². The fraction of sp³-hybridized carbons (Fsp3) is 0.714. The molecule has 0 aromatic carbocycles. The third-order valence-electron chi connectivity index (χ3n) is 3.06. The van der Waals surface area contributed by atoms with Crippen LogP contribution in [-0.2, 0) is 9.59 Å². The molecule has 0 aliphatic carbocycles. The second kappa shape index (κ2) is 9.77. The summed E-state index contributed by atoms with van der Waals surface area (Å²) in [6.07, 6.45) is 3.92. The number of rotatable bonds is 7. The van der Waals surface area contributed by atoms with E-state index in [0.29, 0.717) is 0 Å². The van der Waals surface area contributed by atoms with Gasteiger partial charge in [-0.05, 0) is 26.7 Å². The van der Waals surface area contributed by atoms with Gasteiger partial charge in [0.05, 0.1) is 12.5 Å². The van der Waals surface area contributed by atoms with Gasteiger partial charge in [-0.2, -0.15) is 0 Å². The molecule has 5 nitrogen and oxygen atoms in total. The standard InChI is InChI=1S/C14H25N3O2.ClH/c1-4-5-6-8-17-9-7-15-12(14(17)19)10-13(18)16-11(2)3;/h4,11-12,15H,1,5-10H2,2-3H3,(H,16,18);1H. The summed E-state index contributed by atoms with van der Waals surface area (Å²) in [5.41, 5.74) is 0. The summed E-state index contributed by atoms with van der Waals surface area (Å²) in [7, 11) is 0. The maximum absolute atomic E-state index is 12.2. The highest BCUT2D eigenvalue weighted by atomic mass is 35.5. The molecule has 1 aliphatic heterocycles. The van der Waals surface area contributed by atoms with Crippen molar-refractivity contribution in [2.45, 2.75) is 45.2 Å². The molecule has 1 unspecified atom stereocenters. The van der Waals surface area contributed by atoms with E-state index in [4.69, 9.17) is 0 Å². The van der Waals surface area contributed by atoms with Crippen LogP contribution in [0.1, 0.15) is 33.1 Å². The first-order chi connectivity index (χ1) is 9.04. The van der Waals surface area contributed by atoms with Gasteiger partial charge in [0.1, 0.15) is 0 Å². The van der Waals surface area contributed by atoms with Crippen molar-refractivity contribution < 1.29 is 9.59 Å². The number of unbranched alkanes of at least 4 members (excludes halogenated alkanes) is 1. The number of piperazine rings is 1. The van der Waals surface area contributed by atoms with Gasteiger partial charge >= 0.3 is 0 Å². The van der Waals surface area contributed by atoms with Crippen molar-refractivity contribution in [1.82, 2.24) is 15.5 Å². The number of allylic oxidation sites excluding steroid dienone is 1. The number of hydrogen-bond donors (Lipinski definition) is 2. The molecule has 0 saturated carbocycles. The van der Waals surface area contributed by atoms with E-state index < -0.39 is 0 Å². The Morgan fingerprint density at radius 2 is 2.30 bits per heavy atom. The predicted molar refractivity (Wildman–Crippen MR) is 82.9 cm³/mol. The molecular formula is C14H26ClN3O2. The monoisotopic (exact) mass is 303 g/mol. The van der Waals surface area contributed by atoms with Crippen molar-refractivity contribution in [3.05, 3.63) is 12.7 Å². The Labute approximate surface area is 127 Å². The van der Waals surface area contributed by atoms with Crippen molar-refractivity contribution in [1.29, 1.82) is 0 Å². The van der Waals surface area contributed by atoms with Crippen LogP contribution >= 0.6 is 12.4 Å². The number of nitrogens with zero attached hydrogens (tertiary/aromatic N) is 1. The zero-order chi connectivity index (χ0) is 14.3. The molecule has 1 heterocycles. The molecule has 1 rings (SSSR count). The van der Waals surface area contributed by atoms with Crippen LogP contribution in [0.3, 0.4) is 0 Å². The molecule has 0 bridgehead atoms. The van der Waals surface area contributed by atoms with E-state index in [-0.39, 0.29) is 42.7 Å². The molecule has 2 amide bonds. The number of carbonyl (C=O) groups is 2. The van der Waals surface area contributed by atoms with Crippen LogP contribution in [0.2, 0.25) is 0 Å². The van der Waals surface area contributed by atoms with Gasteiger partial charge in [0.15, 0.2) is 0 Å². The van der Waals surface area contributed by atoms with Gasteiger partial charge in [0.25, 0.3) is 0 Å². The smallest absolute Gasteiger partial charge is 0.240 e. The second-order valence-corrected chi connectivity index (χ2v) is 5.19. The van der Waals surface area contributed by atoms with Crippen LogP contribution in [0.15, 0.2) is 12.7 Å². The summed E-state index contributed by atoms with van der Waals surface area (Å²) in [6.45, 7) is 9.71. The largest absolute Gasteiger partial charge is 0.354 e. The molecule has 1 fully saturated rings. The highest BCUT2D eigenvalue weighted by Gasteiger charge is 2.29. The van der Waals surface area contributed by atoms with Crippen molar-refractivity contribution >= 4 is 24.2 Å². The van der Waals surface area contributed by atoms with Crippen LogP contribution in [0.5, 0.6) is 0 Å². The number of amides is 2. The highest BCUT2D eigenvalue weighted by Crippen LogP contribution is 2.07. The summed E-state index contributed by atoms with van der Waals surface area (Å²) >= 11 is 0. The molecule has 0 radical (unpaired) electrons. The lowest BCUT2D eigenvalue weighted by Gasteiger charge is -2.33. The molecule has 0 aromatic heterocycles. The van der Waals surface area contributed by atoms with Crippen LogP contribution in [0, 0.1) is 0 Å². The lowest BCUT2D eigenvalue weighted by molar-refractivity contribution is -0.138. The number of carbonyl (C=O) groups excluding carboxylic acids is 2. The average Bonchev–Trinajstić information content (AvgIpc) is 2.33. The summed E-state index contributed by atoms with van der Waals surface area (Å²) in [6, 6.07) is -0.272. The molecule has 1 saturated heterocycles. The van der Waals surface area contributed by atoms with Gasteiger partial charge in [0, 0.05) is 25.7 Å². The normalized spacial score (nSPS) is 18.6. The summed E-state index contributed by atoms with van der Waals surface area (Å²) in [5, 5.41) is 5.94. The predicted octanol–water partition coefficient (Wildman–Crippen LogP) is 1.09. The van der Waals surface area contributed by atoms with E-state index in [1.165, 1.54) is 0 Å². The molecule has 0 spiro atoms. The van der Waals surface area contributed by atoms with Gasteiger partial charge in [-0.15, -0.1) is 19.0 Å². The van der Waals surface area contributed by atoms with Crippen molar-refractivity contribution in [3.8, 4) is 0 Å². The molecule has 116 valence electrons. The van der Waals surface area contributed by atoms with Crippen molar-refractivity contribution in [2.24, 2.45) is 0 Å². The fourth-order valence-electron chi connectivity index (χ4n) is 2.17. The van der Waals surface area contributed by atoms with Gasteiger partial charge < -0.3 is 15.5 Å². The zero-order valence-electron chi connectivity index (χ0n) is 12.4. The Hall–Kier alpha value is -1.07. The SMILES string of the molecule is C=CCCCN1CCNC(CC(=O)NC(C)C)C1=O.Cl. The number of halogens is 1. The molecular weight excluding hydrogens is 278 g/mol. The third-order valence-corrected chi connectivity index (χ3v) is 3.06. The second-order valence-electron chi connectivity index (χ2n) is 5.19. The fourth-order valence-corrected chi connectivity index (χ4v) is 2.17. The number of hydrogen-bond acceptors (Lipinski definition) is 3. The van der Waals surface area contributed by atoms with Gasteiger partial charge in [-0.3, -0.25) is 9.59 Å². The summed E-state index contributed by atoms with van der Waals surface area (Å²) in [4.78, 5) is 25.7. The van der Waals surface area contributed by atoms with Crippen LogP contribution < -0.4 is 10.6 Å². The molecule has 1 aliphatic rings. The minimum atomic E-state index is -0.378. The Kier molecular flexibility index (Phi) is 9.25. The van der Waals surface area contributed by atoms with Crippen molar-refractivity contribution in [2.75, 3.05) is 19.6 Å². The Bertz CT molecular complexity index is 334. The van der Waals surface area contributed by atoms with Crippen LogP contribution in [0.25, 0.3) is 0 Å². The summed E-state index contributed by atoms with van der Waals surface area (Å²) < 4.78 is 0. The maximum atomic E-state index is 12.2. The first-order valence-electron chi connectivity index (χ1n) is 6.97. The Balaban J connectivity index is 0.00000361. The molecule has 0 aromatic rings. The van der Waals surface area contributed by atoms with Crippen molar-refractivity contribution in [3.63, 3.8) is 0 Å². The zero-order valence-corrected chi connectivity index (χ0v) is 13.2. The lowest BCUT2D eigenvalue weighted by Crippen LogP contribution is -2.56. The van der Waals surface area contributed by atoms with E-state index >= 15 is 0 Å². The summed E-state index contributed by atoms with van der Waals surface area (Å²) in [5.74, 6) is -0.0389. The van der Waals surface area contributed by atoms with Crippen LogP contribution in [0.4, 0.5) is 0 Å². The van der Waals surface area contributed by atoms with Gasteiger partial charge in [0.2, 0.25) is 11.8 Å². The van der Waals surface area contributed by atoms with E-state index in [1.807, 2.05) is 24.8 Å². The molecule has 2 N–H and O–H groups in total. The Morgan fingerprint density at radius 3 is 2.90 bits per heavy atom. The van der Waals surface area contributed by atoms with Gasteiger partial charge in [-0.25, -0.2) is 0 Å². The highest BCUT2D eigenvalue weighted by molar-refractivity contribution is 5.89. The minimum Gasteiger partial charge on any atom is -0.354 e. The lowest BCUT2D eigenvalue weighted by atomic mass is 10.1. The molecule has 1 atom stereocenters. The average molecular weight is 304 g/mol. The van der Waals surface area contributed by atoms with E-state index in [2.05, 4.69) is 17.2 Å². The van der Waals surface area contributed by atoms with Gasteiger partial charge in [-0.1, -0.05) is 6.08 Å². The first kappa shape index (κ1) is 18.9.